The largest absolute Gasteiger partial charge is 0.384 e. The van der Waals surface area contributed by atoms with E-state index in [1.54, 1.807) is 25.3 Å². The summed E-state index contributed by atoms with van der Waals surface area (Å²) in [7, 11) is 0. The van der Waals surface area contributed by atoms with Crippen LogP contribution in [0.1, 0.15) is 31.5 Å². The highest BCUT2D eigenvalue weighted by molar-refractivity contribution is 5.21. The SMILES string of the molecule is CCCn1nccc1C(C)(O)Cc1ccc(F)cc1. The fourth-order valence-corrected chi connectivity index (χ4v) is 2.27. The Morgan fingerprint density at radius 1 is 1.26 bits per heavy atom. The van der Waals surface area contributed by atoms with Crippen LogP contribution in [-0.2, 0) is 18.6 Å². The van der Waals surface area contributed by atoms with Gasteiger partial charge in [0.2, 0.25) is 0 Å². The Hall–Kier alpha value is -1.68. The minimum atomic E-state index is -1.01. The first kappa shape index (κ1) is 13.7. The molecule has 1 atom stereocenters. The molecule has 2 aromatic rings. The van der Waals surface area contributed by atoms with E-state index in [2.05, 4.69) is 12.0 Å². The maximum absolute atomic E-state index is 12.9. The topological polar surface area (TPSA) is 38.0 Å². The standard InChI is InChI=1S/C15H19FN2O/c1-3-10-18-14(8-9-17-18)15(2,19)11-12-4-6-13(16)7-5-12/h4-9,19H,3,10-11H2,1-2H3. The predicted octanol–water partition coefficient (Wildman–Crippen LogP) is 2.88. The van der Waals surface area contributed by atoms with Crippen LogP contribution < -0.4 is 0 Å². The van der Waals surface area contributed by atoms with Gasteiger partial charge in [0.05, 0.1) is 5.69 Å². The third kappa shape index (κ3) is 3.20. The summed E-state index contributed by atoms with van der Waals surface area (Å²) in [5.74, 6) is -0.264. The van der Waals surface area contributed by atoms with E-state index in [1.807, 2.05) is 10.7 Å². The van der Waals surface area contributed by atoms with Crippen LogP contribution in [0.25, 0.3) is 0 Å². The van der Waals surface area contributed by atoms with Crippen LogP contribution >= 0.6 is 0 Å². The van der Waals surface area contributed by atoms with Crippen molar-refractivity contribution >= 4 is 0 Å². The molecule has 102 valence electrons. The van der Waals surface area contributed by atoms with E-state index in [0.717, 1.165) is 24.2 Å². The molecule has 0 saturated heterocycles. The Morgan fingerprint density at radius 3 is 2.58 bits per heavy atom. The lowest BCUT2D eigenvalue weighted by Gasteiger charge is -2.24. The van der Waals surface area contributed by atoms with Gasteiger partial charge in [-0.15, -0.1) is 0 Å². The molecule has 0 aliphatic carbocycles. The Labute approximate surface area is 112 Å². The molecule has 0 spiro atoms. The molecule has 0 aliphatic rings. The first-order chi connectivity index (χ1) is 9.03. The number of aryl methyl sites for hydroxylation is 1. The van der Waals surface area contributed by atoms with Gasteiger partial charge in [-0.05, 0) is 37.1 Å². The number of benzene rings is 1. The van der Waals surface area contributed by atoms with Gasteiger partial charge < -0.3 is 5.11 Å². The summed E-state index contributed by atoms with van der Waals surface area (Å²) < 4.78 is 14.7. The molecule has 2 rings (SSSR count). The van der Waals surface area contributed by atoms with E-state index < -0.39 is 5.60 Å². The highest BCUT2D eigenvalue weighted by atomic mass is 19.1. The number of nitrogens with zero attached hydrogens (tertiary/aromatic N) is 2. The summed E-state index contributed by atoms with van der Waals surface area (Å²) in [6, 6.07) is 8.05. The van der Waals surface area contributed by atoms with Crippen molar-refractivity contribution in [3.05, 3.63) is 53.6 Å². The van der Waals surface area contributed by atoms with E-state index in [9.17, 15) is 9.50 Å². The van der Waals surface area contributed by atoms with Crippen molar-refractivity contribution < 1.29 is 9.50 Å². The van der Waals surface area contributed by atoms with Crippen molar-refractivity contribution in [1.29, 1.82) is 0 Å². The molecule has 1 aromatic carbocycles. The van der Waals surface area contributed by atoms with E-state index in [4.69, 9.17) is 0 Å². The Kier molecular flexibility index (Phi) is 4.00. The lowest BCUT2D eigenvalue weighted by molar-refractivity contribution is 0.0477. The van der Waals surface area contributed by atoms with Gasteiger partial charge in [0, 0.05) is 19.2 Å². The van der Waals surface area contributed by atoms with Crippen molar-refractivity contribution in [2.45, 2.75) is 38.8 Å². The highest BCUT2D eigenvalue weighted by Crippen LogP contribution is 2.25. The van der Waals surface area contributed by atoms with Crippen LogP contribution in [0.3, 0.4) is 0 Å². The Morgan fingerprint density at radius 2 is 1.95 bits per heavy atom. The second-order valence-electron chi connectivity index (χ2n) is 5.02. The van der Waals surface area contributed by atoms with Crippen molar-refractivity contribution in [1.82, 2.24) is 9.78 Å². The zero-order valence-corrected chi connectivity index (χ0v) is 11.3. The average Bonchev–Trinajstić information content (AvgIpc) is 2.81. The number of halogens is 1. The van der Waals surface area contributed by atoms with E-state index in [0.29, 0.717) is 6.42 Å². The zero-order valence-electron chi connectivity index (χ0n) is 11.3. The monoisotopic (exact) mass is 262 g/mol. The maximum atomic E-state index is 12.9. The van der Waals surface area contributed by atoms with Gasteiger partial charge >= 0.3 is 0 Å². The fourth-order valence-electron chi connectivity index (χ4n) is 2.27. The summed E-state index contributed by atoms with van der Waals surface area (Å²) >= 11 is 0. The molecular formula is C15H19FN2O. The van der Waals surface area contributed by atoms with Crippen molar-refractivity contribution in [2.75, 3.05) is 0 Å². The predicted molar refractivity (Wildman–Crippen MR) is 72.2 cm³/mol. The fraction of sp³-hybridized carbons (Fsp3) is 0.400. The average molecular weight is 262 g/mol. The van der Waals surface area contributed by atoms with Crippen molar-refractivity contribution in [2.24, 2.45) is 0 Å². The van der Waals surface area contributed by atoms with Gasteiger partial charge in [0.25, 0.3) is 0 Å². The molecule has 1 aromatic heterocycles. The molecule has 1 unspecified atom stereocenters. The number of aromatic nitrogens is 2. The second-order valence-corrected chi connectivity index (χ2v) is 5.02. The zero-order chi connectivity index (χ0) is 13.9. The summed E-state index contributed by atoms with van der Waals surface area (Å²) in [5.41, 5.74) is 0.679. The molecule has 0 saturated carbocycles. The molecule has 3 nitrogen and oxygen atoms in total. The van der Waals surface area contributed by atoms with Crippen LogP contribution in [0.2, 0.25) is 0 Å². The smallest absolute Gasteiger partial charge is 0.123 e. The Bertz CT molecular complexity index is 531. The summed E-state index contributed by atoms with van der Waals surface area (Å²) in [6.45, 7) is 4.61. The van der Waals surface area contributed by atoms with Gasteiger partial charge in [0.15, 0.2) is 0 Å². The molecule has 0 amide bonds. The molecule has 1 heterocycles. The molecule has 19 heavy (non-hydrogen) atoms. The summed E-state index contributed by atoms with van der Waals surface area (Å²) in [5, 5.41) is 14.9. The number of hydrogen-bond acceptors (Lipinski definition) is 2. The molecule has 0 bridgehead atoms. The van der Waals surface area contributed by atoms with Crippen LogP contribution in [0, 0.1) is 5.82 Å². The van der Waals surface area contributed by atoms with E-state index >= 15 is 0 Å². The van der Waals surface area contributed by atoms with Crippen LogP contribution in [0.5, 0.6) is 0 Å². The summed E-state index contributed by atoms with van der Waals surface area (Å²) in [4.78, 5) is 0. The van der Waals surface area contributed by atoms with Crippen LogP contribution in [-0.4, -0.2) is 14.9 Å². The quantitative estimate of drug-likeness (QED) is 0.899. The normalized spacial score (nSPS) is 14.3. The molecule has 0 radical (unpaired) electrons. The van der Waals surface area contributed by atoms with E-state index in [-0.39, 0.29) is 5.82 Å². The van der Waals surface area contributed by atoms with Gasteiger partial charge in [-0.25, -0.2) is 4.39 Å². The van der Waals surface area contributed by atoms with Gasteiger partial charge in [-0.2, -0.15) is 5.10 Å². The van der Waals surface area contributed by atoms with Crippen LogP contribution in [0.15, 0.2) is 36.5 Å². The van der Waals surface area contributed by atoms with Gasteiger partial charge in [0.1, 0.15) is 11.4 Å². The first-order valence-electron chi connectivity index (χ1n) is 6.52. The maximum Gasteiger partial charge on any atom is 0.123 e. The first-order valence-corrected chi connectivity index (χ1v) is 6.52. The highest BCUT2D eigenvalue weighted by Gasteiger charge is 2.27. The van der Waals surface area contributed by atoms with Crippen LogP contribution in [0.4, 0.5) is 4.39 Å². The number of aliphatic hydroxyl groups is 1. The second kappa shape index (κ2) is 5.53. The molecule has 0 aliphatic heterocycles. The van der Waals surface area contributed by atoms with Gasteiger partial charge in [-0.1, -0.05) is 19.1 Å². The van der Waals surface area contributed by atoms with E-state index in [1.165, 1.54) is 12.1 Å². The third-order valence-electron chi connectivity index (χ3n) is 3.17. The van der Waals surface area contributed by atoms with Gasteiger partial charge in [-0.3, -0.25) is 4.68 Å². The molecule has 1 N–H and O–H groups in total. The number of hydrogen-bond donors (Lipinski definition) is 1. The number of rotatable bonds is 5. The van der Waals surface area contributed by atoms with Crippen molar-refractivity contribution in [3.63, 3.8) is 0 Å². The minimum absolute atomic E-state index is 0.264. The Balaban J connectivity index is 2.21. The van der Waals surface area contributed by atoms with Crippen molar-refractivity contribution in [3.8, 4) is 0 Å². The molecule has 4 heteroatoms. The summed E-state index contributed by atoms with van der Waals surface area (Å²) in [6.07, 6.45) is 3.09. The lowest BCUT2D eigenvalue weighted by Crippen LogP contribution is -2.28. The molecular weight excluding hydrogens is 243 g/mol. The lowest BCUT2D eigenvalue weighted by atomic mass is 9.93. The third-order valence-corrected chi connectivity index (χ3v) is 3.17. The molecule has 0 fully saturated rings. The minimum Gasteiger partial charge on any atom is -0.384 e.